The number of anilines is 1. The van der Waals surface area contributed by atoms with Crippen molar-refractivity contribution in [3.8, 4) is 0 Å². The van der Waals surface area contributed by atoms with Gasteiger partial charge in [-0.05, 0) is 30.7 Å². The van der Waals surface area contributed by atoms with Crippen LogP contribution in [0.3, 0.4) is 0 Å². The molecule has 0 aliphatic heterocycles. The molecular weight excluding hydrogens is 334 g/mol. The van der Waals surface area contributed by atoms with Gasteiger partial charge in [0.1, 0.15) is 0 Å². The Hall–Kier alpha value is -3.35. The Morgan fingerprint density at radius 1 is 1.15 bits per heavy atom. The topological polar surface area (TPSA) is 104 Å². The lowest BCUT2D eigenvalue weighted by atomic mass is 10.0. The number of carbonyl (C=O) groups is 2. The van der Waals surface area contributed by atoms with Gasteiger partial charge in [-0.1, -0.05) is 29.8 Å². The summed E-state index contributed by atoms with van der Waals surface area (Å²) >= 11 is 0. The number of benzene rings is 2. The molecule has 1 aromatic heterocycles. The normalized spacial score (nSPS) is 11.9. The van der Waals surface area contributed by atoms with E-state index in [4.69, 9.17) is 4.42 Å². The van der Waals surface area contributed by atoms with E-state index < -0.39 is 11.8 Å². The number of hydrogen-bond acceptors (Lipinski definition) is 4. The summed E-state index contributed by atoms with van der Waals surface area (Å²) in [5.41, 5.74) is 3.41. The second-order valence-electron chi connectivity index (χ2n) is 6.14. The fourth-order valence-corrected chi connectivity index (χ4v) is 2.72. The van der Waals surface area contributed by atoms with E-state index in [9.17, 15) is 14.4 Å². The van der Waals surface area contributed by atoms with E-state index in [-0.39, 0.29) is 18.2 Å². The van der Waals surface area contributed by atoms with Crippen LogP contribution in [0, 0.1) is 6.92 Å². The van der Waals surface area contributed by atoms with Gasteiger partial charge >= 0.3 is 5.76 Å². The van der Waals surface area contributed by atoms with Crippen molar-refractivity contribution in [2.24, 2.45) is 0 Å². The minimum absolute atomic E-state index is 0.0859. The van der Waals surface area contributed by atoms with Crippen LogP contribution in [-0.4, -0.2) is 16.8 Å². The lowest BCUT2D eigenvalue weighted by Gasteiger charge is -2.18. The second-order valence-corrected chi connectivity index (χ2v) is 6.14. The Kier molecular flexibility index (Phi) is 4.88. The molecule has 134 valence electrons. The van der Waals surface area contributed by atoms with Crippen LogP contribution in [0.1, 0.15) is 30.5 Å². The summed E-state index contributed by atoms with van der Waals surface area (Å²) in [5.74, 6) is -1.01. The van der Waals surface area contributed by atoms with Crippen molar-refractivity contribution >= 4 is 28.6 Å². The van der Waals surface area contributed by atoms with Gasteiger partial charge in [0.15, 0.2) is 5.58 Å². The highest BCUT2D eigenvalue weighted by atomic mass is 16.4. The van der Waals surface area contributed by atoms with E-state index in [1.807, 2.05) is 31.2 Å². The van der Waals surface area contributed by atoms with Gasteiger partial charge in [-0.25, -0.2) is 4.79 Å². The summed E-state index contributed by atoms with van der Waals surface area (Å²) in [7, 11) is 0. The standard InChI is InChI=1S/C19H19N3O4/c1-11-3-5-13(6-4-11)15(20-12(2)23)10-18(24)21-14-7-8-17-16(9-14)22-19(25)26-17/h3-9,15H,10H2,1-2H3,(H,20,23)(H,21,24)(H,22,25). The van der Waals surface area contributed by atoms with Crippen LogP contribution < -0.4 is 16.4 Å². The molecule has 0 saturated heterocycles. The Balaban J connectivity index is 1.74. The van der Waals surface area contributed by atoms with E-state index in [0.29, 0.717) is 16.8 Å². The largest absolute Gasteiger partial charge is 0.417 e. The number of nitrogens with one attached hydrogen (secondary N) is 3. The number of fused-ring (bicyclic) bond motifs is 1. The molecule has 0 aliphatic carbocycles. The number of amides is 2. The quantitative estimate of drug-likeness (QED) is 0.656. The first-order chi connectivity index (χ1) is 12.4. The highest BCUT2D eigenvalue weighted by molar-refractivity contribution is 5.93. The molecule has 2 amide bonds. The van der Waals surface area contributed by atoms with Crippen LogP contribution in [0.5, 0.6) is 0 Å². The second kappa shape index (κ2) is 7.26. The van der Waals surface area contributed by atoms with Gasteiger partial charge in [-0.15, -0.1) is 0 Å². The predicted molar refractivity (Wildman–Crippen MR) is 97.8 cm³/mol. The third-order valence-electron chi connectivity index (χ3n) is 3.95. The summed E-state index contributed by atoms with van der Waals surface area (Å²) in [6.45, 7) is 3.39. The molecule has 1 atom stereocenters. The van der Waals surface area contributed by atoms with Gasteiger partial charge in [-0.3, -0.25) is 14.6 Å². The zero-order valence-electron chi connectivity index (χ0n) is 14.5. The summed E-state index contributed by atoms with van der Waals surface area (Å²) in [5, 5.41) is 5.58. The molecule has 0 spiro atoms. The lowest BCUT2D eigenvalue weighted by Crippen LogP contribution is -2.29. The Bertz CT molecular complexity index is 1000. The predicted octanol–water partition coefficient (Wildman–Crippen LogP) is 2.64. The van der Waals surface area contributed by atoms with Crippen LogP contribution in [0.25, 0.3) is 11.1 Å². The average molecular weight is 353 g/mol. The number of aromatic amines is 1. The minimum atomic E-state index is -0.548. The molecule has 0 radical (unpaired) electrons. The fourth-order valence-electron chi connectivity index (χ4n) is 2.72. The molecule has 3 aromatic rings. The van der Waals surface area contributed by atoms with Crippen LogP contribution in [0.4, 0.5) is 5.69 Å². The Labute approximate surface area is 149 Å². The van der Waals surface area contributed by atoms with Crippen molar-refractivity contribution in [3.05, 3.63) is 64.1 Å². The zero-order chi connectivity index (χ0) is 18.7. The van der Waals surface area contributed by atoms with E-state index in [2.05, 4.69) is 15.6 Å². The molecule has 1 unspecified atom stereocenters. The minimum Gasteiger partial charge on any atom is -0.408 e. The van der Waals surface area contributed by atoms with Gasteiger partial charge in [0, 0.05) is 12.6 Å². The van der Waals surface area contributed by atoms with Gasteiger partial charge in [0.2, 0.25) is 11.8 Å². The molecule has 26 heavy (non-hydrogen) atoms. The maximum absolute atomic E-state index is 12.4. The van der Waals surface area contributed by atoms with E-state index in [0.717, 1.165) is 11.1 Å². The first-order valence-corrected chi connectivity index (χ1v) is 8.17. The SMILES string of the molecule is CC(=O)NC(CC(=O)Nc1ccc2oc(=O)[nH]c2c1)c1ccc(C)cc1. The third kappa shape index (κ3) is 4.18. The number of aryl methyl sites for hydroxylation is 1. The molecule has 3 N–H and O–H groups in total. The number of hydrogen-bond donors (Lipinski definition) is 3. The number of H-pyrrole nitrogens is 1. The highest BCUT2D eigenvalue weighted by Crippen LogP contribution is 2.20. The van der Waals surface area contributed by atoms with Gasteiger partial charge in [-0.2, -0.15) is 0 Å². The van der Waals surface area contributed by atoms with Crippen LogP contribution in [0.2, 0.25) is 0 Å². The first-order valence-electron chi connectivity index (χ1n) is 8.17. The van der Waals surface area contributed by atoms with Crippen molar-refractivity contribution in [2.75, 3.05) is 5.32 Å². The van der Waals surface area contributed by atoms with Crippen molar-refractivity contribution in [3.63, 3.8) is 0 Å². The van der Waals surface area contributed by atoms with Crippen LogP contribution >= 0.6 is 0 Å². The van der Waals surface area contributed by atoms with Crippen molar-refractivity contribution in [2.45, 2.75) is 26.3 Å². The summed E-state index contributed by atoms with van der Waals surface area (Å²) in [6, 6.07) is 12.1. The molecule has 7 nitrogen and oxygen atoms in total. The van der Waals surface area contributed by atoms with E-state index in [1.54, 1.807) is 18.2 Å². The number of rotatable bonds is 5. The fraction of sp³-hybridized carbons (Fsp3) is 0.211. The molecule has 3 rings (SSSR count). The van der Waals surface area contributed by atoms with Gasteiger partial charge < -0.3 is 15.1 Å². The van der Waals surface area contributed by atoms with Gasteiger partial charge in [0.25, 0.3) is 0 Å². The number of carbonyl (C=O) groups excluding carboxylic acids is 2. The molecule has 7 heteroatoms. The molecule has 0 fully saturated rings. The number of aromatic nitrogens is 1. The summed E-state index contributed by atoms with van der Waals surface area (Å²) < 4.78 is 4.93. The molecule has 0 saturated carbocycles. The van der Waals surface area contributed by atoms with Gasteiger partial charge in [0.05, 0.1) is 18.0 Å². The average Bonchev–Trinajstić information content (AvgIpc) is 2.93. The lowest BCUT2D eigenvalue weighted by molar-refractivity contribution is -0.120. The summed E-state index contributed by atoms with van der Waals surface area (Å²) in [6.07, 6.45) is 0.0859. The van der Waals surface area contributed by atoms with Crippen molar-refractivity contribution < 1.29 is 14.0 Å². The summed E-state index contributed by atoms with van der Waals surface area (Å²) in [4.78, 5) is 37.7. The van der Waals surface area contributed by atoms with E-state index in [1.165, 1.54) is 6.92 Å². The molecule has 2 aromatic carbocycles. The van der Waals surface area contributed by atoms with Crippen molar-refractivity contribution in [1.82, 2.24) is 10.3 Å². The zero-order valence-corrected chi connectivity index (χ0v) is 14.5. The third-order valence-corrected chi connectivity index (χ3v) is 3.95. The smallest absolute Gasteiger partial charge is 0.408 e. The molecule has 1 heterocycles. The Morgan fingerprint density at radius 2 is 1.88 bits per heavy atom. The molecule has 0 aliphatic rings. The highest BCUT2D eigenvalue weighted by Gasteiger charge is 2.17. The molecular formula is C19H19N3O4. The number of oxazole rings is 1. The maximum atomic E-state index is 12.4. The van der Waals surface area contributed by atoms with Crippen molar-refractivity contribution in [1.29, 1.82) is 0 Å². The monoisotopic (exact) mass is 353 g/mol. The van der Waals surface area contributed by atoms with E-state index >= 15 is 0 Å². The van der Waals surface area contributed by atoms with Crippen LogP contribution in [0.15, 0.2) is 51.7 Å². The first kappa shape index (κ1) is 17.5. The van der Waals surface area contributed by atoms with Crippen LogP contribution in [-0.2, 0) is 9.59 Å². The maximum Gasteiger partial charge on any atom is 0.417 e. The molecule has 0 bridgehead atoms. The Morgan fingerprint density at radius 3 is 2.58 bits per heavy atom.